The fourth-order valence-corrected chi connectivity index (χ4v) is 3.81. The van der Waals surface area contributed by atoms with Crippen LogP contribution < -0.4 is 5.32 Å². The Balaban J connectivity index is 0.00000176. The summed E-state index contributed by atoms with van der Waals surface area (Å²) in [4.78, 5) is 3.12. The van der Waals surface area contributed by atoms with Crippen LogP contribution in [0.3, 0.4) is 0 Å². The molecule has 2 aromatic rings. The molecule has 1 fully saturated rings. The third-order valence-corrected chi connectivity index (χ3v) is 4.99. The third-order valence-electron chi connectivity index (χ3n) is 3.68. The Morgan fingerprint density at radius 2 is 1.82 bits per heavy atom. The molecule has 0 spiro atoms. The molecule has 1 aliphatic rings. The summed E-state index contributed by atoms with van der Waals surface area (Å²) in [6.07, 6.45) is 0. The maximum Gasteiger partial charge on any atom is 0.142 e. The molecule has 1 aromatic carbocycles. The second-order valence-corrected chi connectivity index (χ2v) is 6.32. The maximum absolute atomic E-state index is 14.3. The van der Waals surface area contributed by atoms with Crippen LogP contribution in [-0.4, -0.2) is 31.1 Å². The second-order valence-electron chi connectivity index (χ2n) is 4.96. The molecule has 0 saturated carbocycles. The molecule has 1 aliphatic heterocycles. The Morgan fingerprint density at radius 3 is 2.45 bits per heavy atom. The fraction of sp³-hybridized carbons (Fsp3) is 0.333. The smallest absolute Gasteiger partial charge is 0.142 e. The highest BCUT2D eigenvalue weighted by Crippen LogP contribution is 2.38. The van der Waals surface area contributed by atoms with E-state index in [4.69, 9.17) is 11.6 Å². The van der Waals surface area contributed by atoms with Crippen LogP contribution in [-0.2, 0) is 0 Å². The molecular weight excluding hydrogens is 349 g/mol. The van der Waals surface area contributed by atoms with Crippen LogP contribution in [0.2, 0.25) is 5.02 Å². The van der Waals surface area contributed by atoms with Gasteiger partial charge in [-0.2, -0.15) is 0 Å². The zero-order chi connectivity index (χ0) is 14.8. The zero-order valence-electron chi connectivity index (χ0n) is 11.7. The standard InChI is InChI=1S/C15H15ClF2N2S.ClH/c16-14-11(18)4-3-10(17)13(14)15(12-2-1-9-21-12)20-7-5-19-6-8-20;/h1-4,9,15,19H,5-8H2;1H/t15-;/m0./s1. The molecule has 0 unspecified atom stereocenters. The van der Waals surface area contributed by atoms with Gasteiger partial charge in [-0.25, -0.2) is 8.78 Å². The SMILES string of the molecule is Cl.Fc1ccc(F)c([C@H](c2cccs2)N2CCNCC2)c1Cl. The van der Waals surface area contributed by atoms with Gasteiger partial charge in [0.25, 0.3) is 0 Å². The van der Waals surface area contributed by atoms with Crippen molar-refractivity contribution in [1.82, 2.24) is 10.2 Å². The van der Waals surface area contributed by atoms with E-state index in [1.54, 1.807) is 0 Å². The van der Waals surface area contributed by atoms with E-state index in [0.29, 0.717) is 0 Å². The number of piperazine rings is 1. The van der Waals surface area contributed by atoms with Crippen LogP contribution in [0.15, 0.2) is 29.6 Å². The first kappa shape index (κ1) is 17.6. The van der Waals surface area contributed by atoms with Crippen molar-refractivity contribution in [2.45, 2.75) is 6.04 Å². The number of halogens is 4. The lowest BCUT2D eigenvalue weighted by Crippen LogP contribution is -2.45. The van der Waals surface area contributed by atoms with Gasteiger partial charge >= 0.3 is 0 Å². The average molecular weight is 365 g/mol. The number of hydrogen-bond donors (Lipinski definition) is 1. The minimum Gasteiger partial charge on any atom is -0.314 e. The Morgan fingerprint density at radius 1 is 1.14 bits per heavy atom. The molecule has 2 nitrogen and oxygen atoms in total. The van der Waals surface area contributed by atoms with E-state index < -0.39 is 11.6 Å². The molecule has 0 radical (unpaired) electrons. The topological polar surface area (TPSA) is 15.3 Å². The molecular formula is C15H16Cl2F2N2S. The highest BCUT2D eigenvalue weighted by Gasteiger charge is 2.30. The fourth-order valence-electron chi connectivity index (χ4n) is 2.69. The number of thiophene rings is 1. The molecule has 0 aliphatic carbocycles. The molecule has 1 saturated heterocycles. The van der Waals surface area contributed by atoms with Gasteiger partial charge in [-0.1, -0.05) is 17.7 Å². The van der Waals surface area contributed by atoms with Crippen LogP contribution in [0.1, 0.15) is 16.5 Å². The summed E-state index contributed by atoms with van der Waals surface area (Å²) < 4.78 is 28.1. The monoisotopic (exact) mass is 364 g/mol. The van der Waals surface area contributed by atoms with Gasteiger partial charge < -0.3 is 5.32 Å². The first-order valence-corrected chi connectivity index (χ1v) is 8.06. The number of hydrogen-bond acceptors (Lipinski definition) is 3. The lowest BCUT2D eigenvalue weighted by molar-refractivity contribution is 0.197. The molecule has 3 rings (SSSR count). The summed E-state index contributed by atoms with van der Waals surface area (Å²) in [5.74, 6) is -1.04. The Bertz CT molecular complexity index is 616. The van der Waals surface area contributed by atoms with Gasteiger partial charge in [0.1, 0.15) is 11.6 Å². The van der Waals surface area contributed by atoms with Gasteiger partial charge in [0.15, 0.2) is 0 Å². The predicted molar refractivity (Wildman–Crippen MR) is 89.2 cm³/mol. The minimum absolute atomic E-state index is 0. The Labute approximate surface area is 143 Å². The summed E-state index contributed by atoms with van der Waals surface area (Å²) in [7, 11) is 0. The Hall–Kier alpha value is -0.720. The molecule has 7 heteroatoms. The number of nitrogens with zero attached hydrogens (tertiary/aromatic N) is 1. The summed E-state index contributed by atoms with van der Waals surface area (Å²) >= 11 is 7.61. The van der Waals surface area contributed by atoms with Crippen LogP contribution in [0, 0.1) is 11.6 Å². The van der Waals surface area contributed by atoms with Gasteiger partial charge in [0.2, 0.25) is 0 Å². The quantitative estimate of drug-likeness (QED) is 0.824. The van der Waals surface area contributed by atoms with Gasteiger partial charge in [-0.05, 0) is 23.6 Å². The number of rotatable bonds is 3. The van der Waals surface area contributed by atoms with Crippen molar-refractivity contribution in [3.63, 3.8) is 0 Å². The van der Waals surface area contributed by atoms with Crippen molar-refractivity contribution in [2.75, 3.05) is 26.2 Å². The summed E-state index contributed by atoms with van der Waals surface area (Å²) in [5, 5.41) is 5.09. The molecule has 2 heterocycles. The van der Waals surface area contributed by atoms with Crippen LogP contribution in [0.5, 0.6) is 0 Å². The van der Waals surface area contributed by atoms with Crippen molar-refractivity contribution in [2.24, 2.45) is 0 Å². The summed E-state index contributed by atoms with van der Waals surface area (Å²) in [5.41, 5.74) is 0.237. The van der Waals surface area contributed by atoms with Crippen molar-refractivity contribution >= 4 is 35.3 Å². The van der Waals surface area contributed by atoms with E-state index in [-0.39, 0.29) is 29.0 Å². The normalized spacial score (nSPS) is 17.0. The van der Waals surface area contributed by atoms with Gasteiger partial charge in [0.05, 0.1) is 11.1 Å². The van der Waals surface area contributed by atoms with Gasteiger partial charge in [0, 0.05) is 36.6 Å². The number of benzene rings is 1. The summed E-state index contributed by atoms with van der Waals surface area (Å²) in [6, 6.07) is 5.75. The lowest BCUT2D eigenvalue weighted by Gasteiger charge is -2.35. The molecule has 1 N–H and O–H groups in total. The van der Waals surface area contributed by atoms with E-state index in [1.807, 2.05) is 17.5 Å². The summed E-state index contributed by atoms with van der Waals surface area (Å²) in [6.45, 7) is 3.20. The Kier molecular flexibility index (Phi) is 6.17. The van der Waals surface area contributed by atoms with Crippen molar-refractivity contribution in [1.29, 1.82) is 0 Å². The largest absolute Gasteiger partial charge is 0.314 e. The third kappa shape index (κ3) is 3.44. The first-order valence-electron chi connectivity index (χ1n) is 6.80. The molecule has 1 atom stereocenters. The molecule has 0 bridgehead atoms. The average Bonchev–Trinajstić information content (AvgIpc) is 3.02. The van der Waals surface area contributed by atoms with Crippen molar-refractivity contribution in [3.8, 4) is 0 Å². The number of nitrogens with one attached hydrogen (secondary N) is 1. The van der Waals surface area contributed by atoms with Crippen LogP contribution in [0.25, 0.3) is 0 Å². The van der Waals surface area contributed by atoms with E-state index in [9.17, 15) is 8.78 Å². The van der Waals surface area contributed by atoms with Gasteiger partial charge in [-0.15, -0.1) is 23.7 Å². The second kappa shape index (κ2) is 7.70. The molecule has 120 valence electrons. The highest BCUT2D eigenvalue weighted by molar-refractivity contribution is 7.10. The van der Waals surface area contributed by atoms with E-state index in [2.05, 4.69) is 10.2 Å². The zero-order valence-corrected chi connectivity index (χ0v) is 14.1. The predicted octanol–water partition coefficient (Wildman–Crippen LogP) is 4.10. The van der Waals surface area contributed by atoms with E-state index in [1.165, 1.54) is 11.3 Å². The lowest BCUT2D eigenvalue weighted by atomic mass is 10.0. The molecule has 1 aromatic heterocycles. The molecule has 0 amide bonds. The highest BCUT2D eigenvalue weighted by atomic mass is 35.5. The van der Waals surface area contributed by atoms with Crippen molar-refractivity contribution < 1.29 is 8.78 Å². The van der Waals surface area contributed by atoms with Gasteiger partial charge in [-0.3, -0.25) is 4.90 Å². The van der Waals surface area contributed by atoms with Crippen molar-refractivity contribution in [3.05, 3.63) is 56.7 Å². The maximum atomic E-state index is 14.3. The van der Waals surface area contributed by atoms with Crippen LogP contribution >= 0.6 is 35.3 Å². The minimum atomic E-state index is -0.579. The van der Waals surface area contributed by atoms with E-state index >= 15 is 0 Å². The first-order chi connectivity index (χ1) is 10.2. The molecule has 22 heavy (non-hydrogen) atoms. The van der Waals surface area contributed by atoms with Crippen LogP contribution in [0.4, 0.5) is 8.78 Å². The van der Waals surface area contributed by atoms with E-state index in [0.717, 1.165) is 43.2 Å².